The minimum Gasteiger partial charge on any atom is -0.311 e. The predicted octanol–water partition coefficient (Wildman–Crippen LogP) is 2.99. The Morgan fingerprint density at radius 3 is 3.00 bits per heavy atom. The minimum absolute atomic E-state index is 0.185. The van der Waals surface area contributed by atoms with Gasteiger partial charge in [0.25, 0.3) is 0 Å². The Kier molecular flexibility index (Phi) is 4.08. The normalized spacial score (nSPS) is 23.2. The van der Waals surface area contributed by atoms with Crippen molar-refractivity contribution in [2.45, 2.75) is 52.2 Å². The molecule has 2 aromatic rings. The van der Waals surface area contributed by atoms with Crippen LogP contribution in [-0.2, 0) is 6.54 Å². The molecule has 1 unspecified atom stereocenters. The first-order chi connectivity index (χ1) is 9.94. The maximum Gasteiger partial charge on any atom is 0.193 e. The van der Waals surface area contributed by atoms with Gasteiger partial charge in [0.15, 0.2) is 4.96 Å². The molecule has 1 fully saturated rings. The summed E-state index contributed by atoms with van der Waals surface area (Å²) in [6, 6.07) is 0.599. The highest BCUT2D eigenvalue weighted by atomic mass is 32.1. The van der Waals surface area contributed by atoms with E-state index in [1.54, 1.807) is 11.3 Å². The van der Waals surface area contributed by atoms with Crippen molar-refractivity contribution in [1.82, 2.24) is 19.6 Å². The molecule has 0 saturated carbocycles. The van der Waals surface area contributed by atoms with Crippen molar-refractivity contribution in [3.63, 3.8) is 0 Å². The Morgan fingerprint density at radius 1 is 1.48 bits per heavy atom. The molecule has 3 heterocycles. The average molecular weight is 306 g/mol. The fourth-order valence-corrected chi connectivity index (χ4v) is 3.86. The van der Waals surface area contributed by atoms with E-state index in [-0.39, 0.29) is 5.54 Å². The van der Waals surface area contributed by atoms with Gasteiger partial charge in [-0.2, -0.15) is 0 Å². The highest BCUT2D eigenvalue weighted by Crippen LogP contribution is 2.24. The Labute approximate surface area is 131 Å². The molecule has 0 spiro atoms. The van der Waals surface area contributed by atoms with Gasteiger partial charge in [0.2, 0.25) is 0 Å². The van der Waals surface area contributed by atoms with Crippen molar-refractivity contribution < 1.29 is 0 Å². The number of hydrogen-bond acceptors (Lipinski definition) is 4. The molecule has 2 aromatic heterocycles. The van der Waals surface area contributed by atoms with E-state index >= 15 is 0 Å². The highest BCUT2D eigenvalue weighted by molar-refractivity contribution is 7.15. The van der Waals surface area contributed by atoms with Crippen molar-refractivity contribution in [2.75, 3.05) is 13.1 Å². The van der Waals surface area contributed by atoms with E-state index in [2.05, 4.69) is 60.1 Å². The molecule has 4 nitrogen and oxygen atoms in total. The average Bonchev–Trinajstić information content (AvgIpc) is 2.93. The molecule has 1 aliphatic heterocycles. The SMILES string of the molecule is CC(C)CC1CN(Cc2cn3ccsc3n2)C(C)(C)CN1. The monoisotopic (exact) mass is 306 g/mol. The van der Waals surface area contributed by atoms with Crippen LogP contribution in [-0.4, -0.2) is 39.0 Å². The van der Waals surface area contributed by atoms with E-state index < -0.39 is 0 Å². The molecule has 3 rings (SSSR count). The van der Waals surface area contributed by atoms with Crippen molar-refractivity contribution in [3.05, 3.63) is 23.5 Å². The third kappa shape index (κ3) is 3.30. The first-order valence-electron chi connectivity index (χ1n) is 7.83. The molecule has 5 heteroatoms. The first kappa shape index (κ1) is 15.0. The lowest BCUT2D eigenvalue weighted by atomic mass is 9.93. The van der Waals surface area contributed by atoms with E-state index in [4.69, 9.17) is 4.98 Å². The molecule has 1 saturated heterocycles. The second-order valence-corrected chi connectivity index (χ2v) is 8.10. The lowest BCUT2D eigenvalue weighted by Gasteiger charge is -2.46. The van der Waals surface area contributed by atoms with Crippen LogP contribution in [0.15, 0.2) is 17.8 Å². The zero-order chi connectivity index (χ0) is 15.0. The van der Waals surface area contributed by atoms with E-state index in [1.165, 1.54) is 12.1 Å². The van der Waals surface area contributed by atoms with Crippen LogP contribution in [0, 0.1) is 5.92 Å². The summed E-state index contributed by atoms with van der Waals surface area (Å²) in [5.41, 5.74) is 1.37. The van der Waals surface area contributed by atoms with Crippen LogP contribution in [0.3, 0.4) is 0 Å². The molecule has 1 atom stereocenters. The van der Waals surface area contributed by atoms with Crippen molar-refractivity contribution in [3.8, 4) is 0 Å². The molecular weight excluding hydrogens is 280 g/mol. The first-order valence-corrected chi connectivity index (χ1v) is 8.71. The Bertz CT molecular complexity index is 570. The third-order valence-corrected chi connectivity index (χ3v) is 5.14. The van der Waals surface area contributed by atoms with Crippen LogP contribution in [0.2, 0.25) is 0 Å². The quantitative estimate of drug-likeness (QED) is 0.942. The lowest BCUT2D eigenvalue weighted by Crippen LogP contribution is -2.61. The van der Waals surface area contributed by atoms with E-state index in [0.717, 1.165) is 30.5 Å². The minimum atomic E-state index is 0.185. The third-order valence-electron chi connectivity index (χ3n) is 4.37. The van der Waals surface area contributed by atoms with Crippen molar-refractivity contribution >= 4 is 16.3 Å². The fourth-order valence-electron chi connectivity index (χ4n) is 3.14. The van der Waals surface area contributed by atoms with Crippen LogP contribution < -0.4 is 5.32 Å². The zero-order valence-electron chi connectivity index (χ0n) is 13.5. The Hall–Kier alpha value is -0.910. The van der Waals surface area contributed by atoms with Gasteiger partial charge >= 0.3 is 0 Å². The zero-order valence-corrected chi connectivity index (χ0v) is 14.3. The van der Waals surface area contributed by atoms with Gasteiger partial charge in [0.05, 0.1) is 5.69 Å². The second kappa shape index (κ2) is 5.71. The summed E-state index contributed by atoms with van der Waals surface area (Å²) >= 11 is 1.70. The summed E-state index contributed by atoms with van der Waals surface area (Å²) in [4.78, 5) is 8.42. The smallest absolute Gasteiger partial charge is 0.193 e. The van der Waals surface area contributed by atoms with Gasteiger partial charge in [-0.3, -0.25) is 9.30 Å². The molecule has 1 aliphatic rings. The number of piperazine rings is 1. The highest BCUT2D eigenvalue weighted by Gasteiger charge is 2.34. The van der Waals surface area contributed by atoms with Gasteiger partial charge in [-0.25, -0.2) is 4.98 Å². The predicted molar refractivity (Wildman–Crippen MR) is 88.8 cm³/mol. The summed E-state index contributed by atoms with van der Waals surface area (Å²) < 4.78 is 2.13. The van der Waals surface area contributed by atoms with Gasteiger partial charge in [0, 0.05) is 49.0 Å². The molecular formula is C16H26N4S. The number of hydrogen-bond donors (Lipinski definition) is 1. The summed E-state index contributed by atoms with van der Waals surface area (Å²) in [7, 11) is 0. The summed E-state index contributed by atoms with van der Waals surface area (Å²) in [6.45, 7) is 12.3. The summed E-state index contributed by atoms with van der Waals surface area (Å²) in [5, 5.41) is 5.80. The van der Waals surface area contributed by atoms with E-state index in [1.807, 2.05) is 0 Å². The van der Waals surface area contributed by atoms with Gasteiger partial charge in [-0.15, -0.1) is 11.3 Å². The fraction of sp³-hybridized carbons (Fsp3) is 0.688. The number of thiazole rings is 1. The van der Waals surface area contributed by atoms with Crippen molar-refractivity contribution in [2.24, 2.45) is 5.92 Å². The van der Waals surface area contributed by atoms with Gasteiger partial charge in [-0.05, 0) is 26.2 Å². The lowest BCUT2D eigenvalue weighted by molar-refractivity contribution is 0.0526. The van der Waals surface area contributed by atoms with Crippen LogP contribution in [0.25, 0.3) is 4.96 Å². The standard InChI is InChI=1S/C16H26N4S/c1-12(2)7-13-9-20(16(3,4)11-17-13)10-14-8-19-5-6-21-15(19)18-14/h5-6,8,12-13,17H,7,9-11H2,1-4H3. The number of rotatable bonds is 4. The second-order valence-electron chi connectivity index (χ2n) is 7.23. The number of fused-ring (bicyclic) bond motifs is 1. The molecule has 0 bridgehead atoms. The van der Waals surface area contributed by atoms with Crippen LogP contribution >= 0.6 is 11.3 Å². The maximum absolute atomic E-state index is 4.74. The van der Waals surface area contributed by atoms with Crippen LogP contribution in [0.1, 0.15) is 39.8 Å². The number of imidazole rings is 1. The Balaban J connectivity index is 1.72. The molecule has 1 N–H and O–H groups in total. The molecule has 0 aliphatic carbocycles. The molecule has 21 heavy (non-hydrogen) atoms. The number of aromatic nitrogens is 2. The molecule has 0 radical (unpaired) electrons. The topological polar surface area (TPSA) is 32.6 Å². The van der Waals surface area contributed by atoms with Crippen molar-refractivity contribution in [1.29, 1.82) is 0 Å². The van der Waals surface area contributed by atoms with E-state index in [9.17, 15) is 0 Å². The van der Waals surface area contributed by atoms with Crippen LogP contribution in [0.5, 0.6) is 0 Å². The number of nitrogens with one attached hydrogen (secondary N) is 1. The molecule has 0 aromatic carbocycles. The van der Waals surface area contributed by atoms with E-state index in [0.29, 0.717) is 6.04 Å². The van der Waals surface area contributed by atoms with Gasteiger partial charge in [-0.1, -0.05) is 13.8 Å². The molecule has 116 valence electrons. The van der Waals surface area contributed by atoms with Gasteiger partial charge < -0.3 is 5.32 Å². The number of nitrogens with zero attached hydrogens (tertiary/aromatic N) is 3. The molecule has 0 amide bonds. The largest absolute Gasteiger partial charge is 0.311 e. The maximum atomic E-state index is 4.74. The summed E-state index contributed by atoms with van der Waals surface area (Å²) in [5.74, 6) is 0.739. The summed E-state index contributed by atoms with van der Waals surface area (Å²) in [6.07, 6.45) is 5.49. The van der Waals surface area contributed by atoms with Crippen LogP contribution in [0.4, 0.5) is 0 Å². The van der Waals surface area contributed by atoms with Gasteiger partial charge in [0.1, 0.15) is 0 Å². The Morgan fingerprint density at radius 2 is 2.29 bits per heavy atom.